The highest BCUT2D eigenvalue weighted by Gasteiger charge is 2.22. The zero-order chi connectivity index (χ0) is 19.4. The van der Waals surface area contributed by atoms with E-state index in [1.54, 1.807) is 0 Å². The molecule has 0 radical (unpaired) electrons. The van der Waals surface area contributed by atoms with Crippen LogP contribution >= 0.6 is 11.8 Å². The van der Waals surface area contributed by atoms with Gasteiger partial charge in [-0.1, -0.05) is 48.5 Å². The summed E-state index contributed by atoms with van der Waals surface area (Å²) in [7, 11) is 1.83. The van der Waals surface area contributed by atoms with Gasteiger partial charge in [-0.3, -0.25) is 9.89 Å². The van der Waals surface area contributed by atoms with Crippen molar-refractivity contribution in [3.63, 3.8) is 0 Å². The van der Waals surface area contributed by atoms with E-state index in [2.05, 4.69) is 75.1 Å². The molecule has 0 aliphatic carbocycles. The van der Waals surface area contributed by atoms with E-state index in [9.17, 15) is 0 Å². The molecule has 3 rings (SSSR count). The van der Waals surface area contributed by atoms with Crippen LogP contribution in [0.4, 0.5) is 0 Å². The first-order chi connectivity index (χ1) is 13.9. The first-order valence-corrected chi connectivity index (χ1v) is 10.8. The summed E-state index contributed by atoms with van der Waals surface area (Å²) in [6, 6.07) is 21.5. The van der Waals surface area contributed by atoms with Gasteiger partial charge in [0.1, 0.15) is 0 Å². The second-order valence-corrected chi connectivity index (χ2v) is 7.78. The highest BCUT2D eigenvalue weighted by molar-refractivity contribution is 7.99. The molecule has 1 aliphatic heterocycles. The first kappa shape index (κ1) is 20.7. The number of hydrogen-bond donors (Lipinski definition) is 2. The molecule has 0 aromatic heterocycles. The van der Waals surface area contributed by atoms with Crippen LogP contribution in [-0.2, 0) is 4.74 Å². The smallest absolute Gasteiger partial charge is 0.191 e. The Morgan fingerprint density at radius 1 is 1.04 bits per heavy atom. The maximum atomic E-state index is 5.53. The van der Waals surface area contributed by atoms with Crippen LogP contribution in [0, 0.1) is 0 Å². The zero-order valence-electron chi connectivity index (χ0n) is 16.5. The molecule has 0 amide bonds. The molecule has 2 aromatic carbocycles. The van der Waals surface area contributed by atoms with Crippen molar-refractivity contribution in [2.75, 3.05) is 52.2 Å². The Kier molecular flexibility index (Phi) is 8.68. The first-order valence-electron chi connectivity index (χ1n) is 9.86. The lowest BCUT2D eigenvalue weighted by Crippen LogP contribution is -2.46. The molecule has 1 heterocycles. The van der Waals surface area contributed by atoms with Crippen LogP contribution in [0.15, 0.2) is 70.6 Å². The number of nitrogens with one attached hydrogen (secondary N) is 2. The normalized spacial score (nSPS) is 16.5. The third kappa shape index (κ3) is 6.55. The Morgan fingerprint density at radius 2 is 1.71 bits per heavy atom. The number of morpholine rings is 1. The summed E-state index contributed by atoms with van der Waals surface area (Å²) in [5.74, 6) is 1.85. The van der Waals surface area contributed by atoms with Crippen LogP contribution in [-0.4, -0.2) is 63.1 Å². The van der Waals surface area contributed by atoms with Crippen molar-refractivity contribution in [3.8, 4) is 0 Å². The quantitative estimate of drug-likeness (QED) is 0.310. The van der Waals surface area contributed by atoms with Gasteiger partial charge in [0.15, 0.2) is 5.96 Å². The van der Waals surface area contributed by atoms with Gasteiger partial charge in [0.2, 0.25) is 0 Å². The van der Waals surface area contributed by atoms with E-state index in [0.29, 0.717) is 6.04 Å². The van der Waals surface area contributed by atoms with E-state index in [1.807, 2.05) is 24.9 Å². The largest absolute Gasteiger partial charge is 0.379 e. The molecule has 0 bridgehead atoms. The van der Waals surface area contributed by atoms with E-state index in [-0.39, 0.29) is 0 Å². The SMILES string of the molecule is CN=C(NCCSc1ccccc1)NCC(c1ccccc1)N1CCOCC1. The third-order valence-electron chi connectivity index (χ3n) is 4.76. The van der Waals surface area contributed by atoms with Gasteiger partial charge in [-0.25, -0.2) is 0 Å². The van der Waals surface area contributed by atoms with Crippen molar-refractivity contribution in [3.05, 3.63) is 66.2 Å². The van der Waals surface area contributed by atoms with Gasteiger partial charge in [-0.2, -0.15) is 0 Å². The molecule has 28 heavy (non-hydrogen) atoms. The predicted octanol–water partition coefficient (Wildman–Crippen LogP) is 3.02. The summed E-state index contributed by atoms with van der Waals surface area (Å²) in [6.45, 7) is 5.20. The average molecular weight is 399 g/mol. The number of thioether (sulfide) groups is 1. The molecule has 1 unspecified atom stereocenters. The lowest BCUT2D eigenvalue weighted by molar-refractivity contribution is 0.0170. The van der Waals surface area contributed by atoms with Crippen LogP contribution in [0.1, 0.15) is 11.6 Å². The molecular formula is C22H30N4OS. The van der Waals surface area contributed by atoms with Gasteiger partial charge in [0.25, 0.3) is 0 Å². The minimum Gasteiger partial charge on any atom is -0.379 e. The summed E-state index contributed by atoms with van der Waals surface area (Å²) in [5, 5.41) is 6.94. The molecule has 2 N–H and O–H groups in total. The number of benzene rings is 2. The molecule has 6 heteroatoms. The van der Waals surface area contributed by atoms with Crippen molar-refractivity contribution in [2.24, 2.45) is 4.99 Å². The van der Waals surface area contributed by atoms with E-state index in [1.165, 1.54) is 10.5 Å². The van der Waals surface area contributed by atoms with Crippen LogP contribution < -0.4 is 10.6 Å². The molecule has 1 fully saturated rings. The minimum atomic E-state index is 0.308. The molecule has 0 saturated carbocycles. The lowest BCUT2D eigenvalue weighted by atomic mass is 10.0. The van der Waals surface area contributed by atoms with Gasteiger partial charge in [-0.15, -0.1) is 11.8 Å². The summed E-state index contributed by atoms with van der Waals surface area (Å²) >= 11 is 1.85. The maximum Gasteiger partial charge on any atom is 0.191 e. The van der Waals surface area contributed by atoms with Crippen molar-refractivity contribution >= 4 is 17.7 Å². The molecular weight excluding hydrogens is 368 g/mol. The summed E-state index contributed by atoms with van der Waals surface area (Å²) in [4.78, 5) is 8.17. The fourth-order valence-electron chi connectivity index (χ4n) is 3.29. The van der Waals surface area contributed by atoms with E-state index in [4.69, 9.17) is 4.74 Å². The van der Waals surface area contributed by atoms with Crippen molar-refractivity contribution in [1.82, 2.24) is 15.5 Å². The number of aliphatic imine (C=N–C) groups is 1. The van der Waals surface area contributed by atoms with E-state index < -0.39 is 0 Å². The van der Waals surface area contributed by atoms with E-state index >= 15 is 0 Å². The van der Waals surface area contributed by atoms with Gasteiger partial charge >= 0.3 is 0 Å². The molecule has 150 valence electrons. The fraction of sp³-hybridized carbons (Fsp3) is 0.409. The topological polar surface area (TPSA) is 48.9 Å². The van der Waals surface area contributed by atoms with Crippen LogP contribution in [0.25, 0.3) is 0 Å². The Bertz CT molecular complexity index is 705. The molecule has 0 spiro atoms. The third-order valence-corrected chi connectivity index (χ3v) is 5.78. The van der Waals surface area contributed by atoms with Gasteiger partial charge < -0.3 is 15.4 Å². The van der Waals surface area contributed by atoms with E-state index in [0.717, 1.165) is 51.1 Å². The molecule has 1 aliphatic rings. The van der Waals surface area contributed by atoms with Crippen molar-refractivity contribution in [1.29, 1.82) is 0 Å². The monoisotopic (exact) mass is 398 g/mol. The van der Waals surface area contributed by atoms with Crippen LogP contribution in [0.5, 0.6) is 0 Å². The van der Waals surface area contributed by atoms with Crippen LogP contribution in [0.2, 0.25) is 0 Å². The number of guanidine groups is 1. The summed E-state index contributed by atoms with van der Waals surface area (Å²) in [6.07, 6.45) is 0. The second-order valence-electron chi connectivity index (χ2n) is 6.62. The molecule has 1 atom stereocenters. The predicted molar refractivity (Wildman–Crippen MR) is 118 cm³/mol. The lowest BCUT2D eigenvalue weighted by Gasteiger charge is -2.35. The number of hydrogen-bond acceptors (Lipinski definition) is 4. The minimum absolute atomic E-state index is 0.308. The molecule has 2 aromatic rings. The average Bonchev–Trinajstić information content (AvgIpc) is 2.77. The van der Waals surface area contributed by atoms with Crippen LogP contribution in [0.3, 0.4) is 0 Å². The number of rotatable bonds is 8. The summed E-state index contributed by atoms with van der Waals surface area (Å²) < 4.78 is 5.53. The Morgan fingerprint density at radius 3 is 2.39 bits per heavy atom. The highest BCUT2D eigenvalue weighted by Crippen LogP contribution is 2.21. The van der Waals surface area contributed by atoms with Gasteiger partial charge in [-0.05, 0) is 17.7 Å². The Balaban J connectivity index is 1.49. The zero-order valence-corrected chi connectivity index (χ0v) is 17.3. The summed E-state index contributed by atoms with van der Waals surface area (Å²) in [5.41, 5.74) is 1.33. The van der Waals surface area contributed by atoms with Crippen molar-refractivity contribution in [2.45, 2.75) is 10.9 Å². The number of nitrogens with zero attached hydrogens (tertiary/aromatic N) is 2. The van der Waals surface area contributed by atoms with Gasteiger partial charge in [0, 0.05) is 43.9 Å². The second kappa shape index (κ2) is 11.7. The van der Waals surface area contributed by atoms with Crippen molar-refractivity contribution < 1.29 is 4.74 Å². The Hall–Kier alpha value is -2.02. The maximum absolute atomic E-state index is 5.53. The van der Waals surface area contributed by atoms with Gasteiger partial charge in [0.05, 0.1) is 19.3 Å². The highest BCUT2D eigenvalue weighted by atomic mass is 32.2. The molecule has 5 nitrogen and oxygen atoms in total. The molecule has 1 saturated heterocycles. The number of ether oxygens (including phenoxy) is 1. The fourth-order valence-corrected chi connectivity index (χ4v) is 4.08. The standard InChI is InChI=1S/C22H30N4OS/c1-23-22(24-12-17-28-20-10-6-3-7-11-20)25-18-21(19-8-4-2-5-9-19)26-13-15-27-16-14-26/h2-11,21H,12-18H2,1H3,(H2,23,24,25). The Labute approximate surface area is 172 Å².